The van der Waals surface area contributed by atoms with Crippen LogP contribution in [-0.2, 0) is 9.84 Å². The third kappa shape index (κ3) is 4.36. The van der Waals surface area contributed by atoms with Crippen molar-refractivity contribution in [3.8, 4) is 0 Å². The minimum Gasteiger partial charge on any atom is -0.271 e. The summed E-state index contributed by atoms with van der Waals surface area (Å²) in [5.41, 5.74) is 3.00. The van der Waals surface area contributed by atoms with Crippen LogP contribution in [0, 0.1) is 5.82 Å². The van der Waals surface area contributed by atoms with Crippen molar-refractivity contribution in [3.63, 3.8) is 0 Å². The van der Waals surface area contributed by atoms with Crippen LogP contribution in [0.5, 0.6) is 0 Å². The van der Waals surface area contributed by atoms with E-state index in [9.17, 15) is 12.8 Å². The molecule has 0 spiro atoms. The Kier molecular flexibility index (Phi) is 5.71. The highest BCUT2D eigenvalue weighted by atomic mass is 32.2. The second-order valence-corrected chi connectivity index (χ2v) is 6.59. The van der Waals surface area contributed by atoms with E-state index in [1.165, 1.54) is 6.07 Å². The molecule has 0 amide bonds. The number of hydrogen-bond acceptors (Lipinski definition) is 4. The molecule has 6 heteroatoms. The highest BCUT2D eigenvalue weighted by Gasteiger charge is 2.15. The molecular formula is C12H19FN2O2S. The Hall–Kier alpha value is -0.980. The number of hydrogen-bond donors (Lipinski definition) is 2. The first-order valence-electron chi connectivity index (χ1n) is 5.91. The summed E-state index contributed by atoms with van der Waals surface area (Å²) in [4.78, 5) is 0. The molecule has 1 aromatic rings. The average molecular weight is 274 g/mol. The van der Waals surface area contributed by atoms with E-state index in [4.69, 9.17) is 5.84 Å². The van der Waals surface area contributed by atoms with E-state index in [-0.39, 0.29) is 23.4 Å². The number of hydrazine groups is 1. The smallest absolute Gasteiger partial charge is 0.150 e. The molecule has 0 heterocycles. The summed E-state index contributed by atoms with van der Waals surface area (Å²) < 4.78 is 36.2. The monoisotopic (exact) mass is 274 g/mol. The molecule has 0 bridgehead atoms. The molecule has 0 aliphatic heterocycles. The highest BCUT2D eigenvalue weighted by molar-refractivity contribution is 7.91. The molecule has 0 aliphatic carbocycles. The van der Waals surface area contributed by atoms with Gasteiger partial charge >= 0.3 is 0 Å². The molecule has 4 nitrogen and oxygen atoms in total. The molecular weight excluding hydrogens is 255 g/mol. The predicted octanol–water partition coefficient (Wildman–Crippen LogP) is 1.54. The van der Waals surface area contributed by atoms with Crippen molar-refractivity contribution < 1.29 is 12.8 Å². The van der Waals surface area contributed by atoms with Crippen LogP contribution in [0.1, 0.15) is 31.4 Å². The number of rotatable bonds is 7. The normalized spacial score (nSPS) is 13.5. The molecule has 0 saturated carbocycles. The SMILES string of the molecule is CCS(=O)(=O)CCCC(NN)c1ccccc1F. The summed E-state index contributed by atoms with van der Waals surface area (Å²) in [6, 6.07) is 5.98. The van der Waals surface area contributed by atoms with Gasteiger partial charge < -0.3 is 0 Å². The molecule has 0 fully saturated rings. The van der Waals surface area contributed by atoms with Crippen molar-refractivity contribution in [3.05, 3.63) is 35.6 Å². The van der Waals surface area contributed by atoms with Gasteiger partial charge in [0, 0.05) is 17.4 Å². The fourth-order valence-electron chi connectivity index (χ4n) is 1.74. The van der Waals surface area contributed by atoms with Gasteiger partial charge in [-0.25, -0.2) is 12.8 Å². The van der Waals surface area contributed by atoms with Gasteiger partial charge in [-0.3, -0.25) is 11.3 Å². The minimum atomic E-state index is -2.98. The van der Waals surface area contributed by atoms with Crippen LogP contribution in [0.15, 0.2) is 24.3 Å². The van der Waals surface area contributed by atoms with Gasteiger partial charge in [-0.2, -0.15) is 0 Å². The van der Waals surface area contributed by atoms with Crippen molar-refractivity contribution in [2.24, 2.45) is 5.84 Å². The maximum atomic E-state index is 13.5. The van der Waals surface area contributed by atoms with Crippen LogP contribution in [0.25, 0.3) is 0 Å². The van der Waals surface area contributed by atoms with E-state index in [0.717, 1.165) is 0 Å². The topological polar surface area (TPSA) is 72.2 Å². The van der Waals surface area contributed by atoms with E-state index < -0.39 is 9.84 Å². The van der Waals surface area contributed by atoms with Gasteiger partial charge in [0.25, 0.3) is 0 Å². The van der Waals surface area contributed by atoms with Crippen LogP contribution < -0.4 is 11.3 Å². The lowest BCUT2D eigenvalue weighted by molar-refractivity contribution is 0.480. The van der Waals surface area contributed by atoms with Crippen molar-refractivity contribution in [1.82, 2.24) is 5.43 Å². The Balaban J connectivity index is 2.61. The number of benzene rings is 1. The van der Waals surface area contributed by atoms with E-state index in [1.54, 1.807) is 25.1 Å². The highest BCUT2D eigenvalue weighted by Crippen LogP contribution is 2.20. The fourth-order valence-corrected chi connectivity index (χ4v) is 2.63. The largest absolute Gasteiger partial charge is 0.271 e. The lowest BCUT2D eigenvalue weighted by Crippen LogP contribution is -2.29. The lowest BCUT2D eigenvalue weighted by Gasteiger charge is -2.16. The first-order valence-corrected chi connectivity index (χ1v) is 7.73. The Morgan fingerprint density at radius 3 is 2.61 bits per heavy atom. The van der Waals surface area contributed by atoms with E-state index in [1.807, 2.05) is 0 Å². The van der Waals surface area contributed by atoms with E-state index in [0.29, 0.717) is 18.4 Å². The number of nitrogens with two attached hydrogens (primary N) is 1. The predicted molar refractivity (Wildman–Crippen MR) is 70.0 cm³/mol. The standard InChI is InChI=1S/C12H19FN2O2S/c1-2-18(16,17)9-5-8-12(15-14)10-6-3-4-7-11(10)13/h3-4,6-7,12,15H,2,5,8-9,14H2,1H3. The molecule has 3 N–H and O–H groups in total. The van der Waals surface area contributed by atoms with E-state index in [2.05, 4.69) is 5.43 Å². The molecule has 0 saturated heterocycles. The van der Waals surface area contributed by atoms with Crippen molar-refractivity contribution in [1.29, 1.82) is 0 Å². The Morgan fingerprint density at radius 2 is 2.06 bits per heavy atom. The van der Waals surface area contributed by atoms with Crippen molar-refractivity contribution >= 4 is 9.84 Å². The molecule has 0 aliphatic rings. The van der Waals surface area contributed by atoms with Crippen molar-refractivity contribution in [2.75, 3.05) is 11.5 Å². The Labute approximate surface area is 107 Å². The lowest BCUT2D eigenvalue weighted by atomic mass is 10.0. The van der Waals surface area contributed by atoms with Crippen LogP contribution in [0.2, 0.25) is 0 Å². The summed E-state index contributed by atoms with van der Waals surface area (Å²) in [6.45, 7) is 1.62. The summed E-state index contributed by atoms with van der Waals surface area (Å²) >= 11 is 0. The van der Waals surface area contributed by atoms with Gasteiger partial charge in [-0.1, -0.05) is 25.1 Å². The van der Waals surface area contributed by atoms with Gasteiger partial charge in [0.05, 0.1) is 5.75 Å². The summed E-state index contributed by atoms with van der Waals surface area (Å²) in [7, 11) is -2.98. The molecule has 1 unspecified atom stereocenters. The number of halogens is 1. The average Bonchev–Trinajstić information content (AvgIpc) is 2.36. The zero-order valence-electron chi connectivity index (χ0n) is 10.4. The Bertz CT molecular complexity index is 477. The zero-order chi connectivity index (χ0) is 13.6. The second kappa shape index (κ2) is 6.82. The van der Waals surface area contributed by atoms with Gasteiger partial charge in [-0.05, 0) is 18.9 Å². The van der Waals surface area contributed by atoms with E-state index >= 15 is 0 Å². The zero-order valence-corrected chi connectivity index (χ0v) is 11.2. The van der Waals surface area contributed by atoms with Crippen LogP contribution in [-0.4, -0.2) is 19.9 Å². The molecule has 102 valence electrons. The molecule has 1 rings (SSSR count). The summed E-state index contributed by atoms with van der Waals surface area (Å²) in [6.07, 6.45) is 0.941. The fraction of sp³-hybridized carbons (Fsp3) is 0.500. The first-order chi connectivity index (χ1) is 8.50. The maximum Gasteiger partial charge on any atom is 0.150 e. The first kappa shape index (κ1) is 15.1. The van der Waals surface area contributed by atoms with Gasteiger partial charge in [0.1, 0.15) is 15.7 Å². The Morgan fingerprint density at radius 1 is 1.39 bits per heavy atom. The van der Waals surface area contributed by atoms with Gasteiger partial charge in [0.15, 0.2) is 0 Å². The molecule has 0 radical (unpaired) electrons. The van der Waals surface area contributed by atoms with Crippen LogP contribution in [0.4, 0.5) is 4.39 Å². The van der Waals surface area contributed by atoms with Gasteiger partial charge in [-0.15, -0.1) is 0 Å². The van der Waals surface area contributed by atoms with Gasteiger partial charge in [0.2, 0.25) is 0 Å². The van der Waals surface area contributed by atoms with Crippen molar-refractivity contribution in [2.45, 2.75) is 25.8 Å². The van der Waals surface area contributed by atoms with Crippen LogP contribution in [0.3, 0.4) is 0 Å². The molecule has 1 atom stereocenters. The quantitative estimate of drug-likeness (QED) is 0.584. The number of nitrogens with one attached hydrogen (secondary N) is 1. The molecule has 18 heavy (non-hydrogen) atoms. The second-order valence-electron chi connectivity index (χ2n) is 4.12. The third-order valence-corrected chi connectivity index (χ3v) is 4.66. The third-order valence-electron chi connectivity index (χ3n) is 2.87. The summed E-state index contributed by atoms with van der Waals surface area (Å²) in [5.74, 6) is 5.30. The summed E-state index contributed by atoms with van der Waals surface area (Å²) in [5, 5.41) is 0. The number of sulfone groups is 1. The molecule has 1 aromatic carbocycles. The maximum absolute atomic E-state index is 13.5. The molecule has 0 aromatic heterocycles. The minimum absolute atomic E-state index is 0.107. The van der Waals surface area contributed by atoms with Crippen LogP contribution >= 0.6 is 0 Å².